The van der Waals surface area contributed by atoms with Crippen LogP contribution in [-0.4, -0.2) is 101 Å². The van der Waals surface area contributed by atoms with Crippen LogP contribution in [0.3, 0.4) is 0 Å². The van der Waals surface area contributed by atoms with E-state index >= 15 is 0 Å². The Hall–Kier alpha value is -3.18. The number of hydrogen-bond acceptors (Lipinski definition) is 7. The van der Waals surface area contributed by atoms with Crippen molar-refractivity contribution in [3.8, 4) is 0 Å². The largest absolute Gasteiger partial charge is 0.395 e. The lowest BCUT2D eigenvalue weighted by Gasteiger charge is -2.37. The van der Waals surface area contributed by atoms with Gasteiger partial charge in [0.05, 0.1) is 28.7 Å². The first-order valence-electron chi connectivity index (χ1n) is 13.6. The highest BCUT2D eigenvalue weighted by atomic mass is 32.2. The number of rotatable bonds is 12. The van der Waals surface area contributed by atoms with Gasteiger partial charge in [0, 0.05) is 31.4 Å². The smallest absolute Gasteiger partial charge is 0.248 e. The van der Waals surface area contributed by atoms with Gasteiger partial charge in [0.1, 0.15) is 18.2 Å². The summed E-state index contributed by atoms with van der Waals surface area (Å²) in [6.07, 6.45) is 5.61. The van der Waals surface area contributed by atoms with E-state index in [0.717, 1.165) is 23.9 Å². The van der Waals surface area contributed by atoms with Gasteiger partial charge in [-0.3, -0.25) is 14.4 Å². The van der Waals surface area contributed by atoms with Crippen molar-refractivity contribution in [2.75, 3.05) is 32.8 Å². The molecule has 3 saturated heterocycles. The lowest BCUT2D eigenvalue weighted by atomic mass is 9.70. The van der Waals surface area contributed by atoms with Gasteiger partial charge in [-0.2, -0.15) is 0 Å². The van der Waals surface area contributed by atoms with E-state index < -0.39 is 22.6 Å². The molecule has 5 atom stereocenters. The summed E-state index contributed by atoms with van der Waals surface area (Å²) < 4.78 is 0.951. The molecule has 10 nitrogen and oxygen atoms in total. The zero-order chi connectivity index (χ0) is 27.7. The maximum atomic E-state index is 14.4. The molecule has 3 aliphatic heterocycles. The maximum absolute atomic E-state index is 14.4. The number of aliphatic hydroxyl groups excluding tert-OH is 1. The minimum Gasteiger partial charge on any atom is -0.395 e. The summed E-state index contributed by atoms with van der Waals surface area (Å²) in [6.45, 7) is 10.9. The fourth-order valence-corrected chi connectivity index (χ4v) is 8.93. The van der Waals surface area contributed by atoms with Crippen LogP contribution in [0.5, 0.6) is 0 Å². The van der Waals surface area contributed by atoms with E-state index in [4.69, 9.17) is 0 Å². The topological polar surface area (TPSA) is 112 Å². The third kappa shape index (κ3) is 4.45. The molecular weight excluding hydrogens is 516 g/mol. The zero-order valence-electron chi connectivity index (χ0n) is 22.3. The van der Waals surface area contributed by atoms with Crippen LogP contribution in [0.4, 0.5) is 0 Å². The van der Waals surface area contributed by atoms with Gasteiger partial charge in [-0.25, -0.2) is 4.68 Å². The van der Waals surface area contributed by atoms with Gasteiger partial charge in [0.15, 0.2) is 0 Å². The number of fused-ring (bicyclic) bond motifs is 2. The van der Waals surface area contributed by atoms with E-state index in [1.54, 1.807) is 38.4 Å². The number of carbonyl (C=O) groups excluding carboxylic acids is 3. The number of aromatic nitrogens is 3. The minimum absolute atomic E-state index is 0.0192. The van der Waals surface area contributed by atoms with Crippen LogP contribution in [0, 0.1) is 11.8 Å². The van der Waals surface area contributed by atoms with Gasteiger partial charge < -0.3 is 19.8 Å². The van der Waals surface area contributed by atoms with Crippen molar-refractivity contribution in [2.45, 2.75) is 48.9 Å². The van der Waals surface area contributed by atoms with E-state index in [1.807, 2.05) is 31.2 Å². The molecule has 1 spiro atoms. The molecule has 11 heteroatoms. The van der Waals surface area contributed by atoms with E-state index in [0.29, 0.717) is 19.5 Å². The number of β-amino-alcohol motifs (C(OH)–C–C–N with tert-alkyl or cyclic N) is 1. The van der Waals surface area contributed by atoms with Gasteiger partial charge in [-0.05, 0) is 31.4 Å². The van der Waals surface area contributed by atoms with Crippen molar-refractivity contribution in [1.82, 2.24) is 29.7 Å². The Bertz CT molecular complexity index is 1280. The molecule has 1 aromatic carbocycles. The second-order valence-corrected chi connectivity index (χ2v) is 12.1. The number of para-hydroxylation sites is 1. The van der Waals surface area contributed by atoms with Crippen LogP contribution in [0.15, 0.2) is 49.6 Å². The van der Waals surface area contributed by atoms with Gasteiger partial charge in [0.2, 0.25) is 17.7 Å². The summed E-state index contributed by atoms with van der Waals surface area (Å²) in [5, 5.41) is 18.3. The van der Waals surface area contributed by atoms with Gasteiger partial charge in [-0.1, -0.05) is 36.4 Å². The first-order valence-corrected chi connectivity index (χ1v) is 14.5. The fourth-order valence-electron chi connectivity index (χ4n) is 6.72. The molecule has 3 aliphatic rings. The minimum atomic E-state index is -0.788. The van der Waals surface area contributed by atoms with Crippen molar-refractivity contribution in [3.05, 3.63) is 49.6 Å². The molecule has 208 valence electrons. The molecular formula is C28H36N6O4S. The van der Waals surface area contributed by atoms with Gasteiger partial charge in [0.25, 0.3) is 0 Å². The van der Waals surface area contributed by atoms with Crippen molar-refractivity contribution in [2.24, 2.45) is 11.8 Å². The first kappa shape index (κ1) is 27.4. The molecule has 4 heterocycles. The summed E-state index contributed by atoms with van der Waals surface area (Å²) in [5.74, 6) is -1.57. The molecule has 1 N–H and O–H groups in total. The number of hydrogen-bond donors (Lipinski definition) is 1. The average molecular weight is 553 g/mol. The van der Waals surface area contributed by atoms with Crippen molar-refractivity contribution >= 4 is 40.5 Å². The highest BCUT2D eigenvalue weighted by molar-refractivity contribution is 8.02. The number of nitrogens with zero attached hydrogens (tertiary/aromatic N) is 6. The summed E-state index contributed by atoms with van der Waals surface area (Å²) in [6, 6.07) is 6.74. The third-order valence-corrected chi connectivity index (χ3v) is 10.2. The zero-order valence-corrected chi connectivity index (χ0v) is 23.1. The highest BCUT2D eigenvalue weighted by Crippen LogP contribution is 2.66. The second-order valence-electron chi connectivity index (χ2n) is 10.5. The quantitative estimate of drug-likeness (QED) is 0.401. The summed E-state index contributed by atoms with van der Waals surface area (Å²) in [7, 11) is 0. The van der Waals surface area contributed by atoms with Crippen LogP contribution in [0.2, 0.25) is 0 Å². The molecule has 5 rings (SSSR count). The van der Waals surface area contributed by atoms with Crippen molar-refractivity contribution in [1.29, 1.82) is 0 Å². The standard InChI is InChI=1S/C28H36N6O4S/c1-4-13-31(14-5-2)25(36)22-21-11-12-28(39-21)23(22)26(37)33(16-17-35)24(28)27(38)32(15-6-3)18-34-20-10-8-7-9-19(20)29-30-34/h4,6-10,21-24,35H,1,3,5,11-18H2,2H3/t21-,22+,23-,24?,28?/m0/s1. The number of thioether (sulfide) groups is 1. The van der Waals surface area contributed by atoms with Crippen LogP contribution in [-0.2, 0) is 21.1 Å². The predicted molar refractivity (Wildman–Crippen MR) is 149 cm³/mol. The second kappa shape index (κ2) is 11.1. The third-order valence-electron chi connectivity index (χ3n) is 8.20. The monoisotopic (exact) mass is 552 g/mol. The van der Waals surface area contributed by atoms with E-state index in [9.17, 15) is 19.5 Å². The average Bonchev–Trinajstić information content (AvgIpc) is 3.68. The molecule has 2 unspecified atom stereocenters. The molecule has 0 radical (unpaired) electrons. The molecule has 39 heavy (non-hydrogen) atoms. The summed E-state index contributed by atoms with van der Waals surface area (Å²) in [4.78, 5) is 47.2. The Kier molecular flexibility index (Phi) is 7.82. The normalized spacial score (nSPS) is 27.1. The Morgan fingerprint density at radius 3 is 2.67 bits per heavy atom. The number of aliphatic hydroxyl groups is 1. The lowest BCUT2D eigenvalue weighted by molar-refractivity contribution is -0.145. The Labute approximate surface area is 232 Å². The molecule has 3 fully saturated rings. The molecule has 0 aliphatic carbocycles. The van der Waals surface area contributed by atoms with Crippen LogP contribution >= 0.6 is 11.8 Å². The predicted octanol–water partition coefficient (Wildman–Crippen LogP) is 1.91. The SMILES string of the molecule is C=CCN(Cn1nnc2ccccc21)C(=O)C1N(CCO)C(=O)[C@@H]2[C@H](C(=O)N(CC=C)CCC)[C@@H]3CCC12S3. The van der Waals surface area contributed by atoms with Crippen molar-refractivity contribution < 1.29 is 19.5 Å². The van der Waals surface area contributed by atoms with Crippen LogP contribution < -0.4 is 0 Å². The van der Waals surface area contributed by atoms with Gasteiger partial charge >= 0.3 is 0 Å². The summed E-state index contributed by atoms with van der Waals surface area (Å²) >= 11 is 1.63. The summed E-state index contributed by atoms with van der Waals surface area (Å²) in [5.41, 5.74) is 1.52. The molecule has 3 amide bonds. The number of likely N-dealkylation sites (tertiary alicyclic amines) is 1. The fraction of sp³-hybridized carbons (Fsp3) is 0.536. The van der Waals surface area contributed by atoms with E-state index in [1.165, 1.54) is 4.90 Å². The van der Waals surface area contributed by atoms with Crippen molar-refractivity contribution in [3.63, 3.8) is 0 Å². The lowest BCUT2D eigenvalue weighted by Crippen LogP contribution is -2.55. The highest BCUT2D eigenvalue weighted by Gasteiger charge is 2.74. The number of carbonyl (C=O) groups is 3. The van der Waals surface area contributed by atoms with Crippen LogP contribution in [0.1, 0.15) is 26.2 Å². The molecule has 1 aromatic heterocycles. The number of amides is 3. The van der Waals surface area contributed by atoms with Gasteiger partial charge in [-0.15, -0.1) is 30.0 Å². The Morgan fingerprint density at radius 2 is 1.95 bits per heavy atom. The Morgan fingerprint density at radius 1 is 1.21 bits per heavy atom. The maximum Gasteiger partial charge on any atom is 0.248 e. The molecule has 2 aromatic rings. The Balaban J connectivity index is 1.49. The van der Waals surface area contributed by atoms with Crippen LogP contribution in [0.25, 0.3) is 11.0 Å². The first-order chi connectivity index (χ1) is 18.9. The van der Waals surface area contributed by atoms with E-state index in [2.05, 4.69) is 23.5 Å². The number of benzene rings is 1. The van der Waals surface area contributed by atoms with E-state index in [-0.39, 0.29) is 49.3 Å². The molecule has 0 saturated carbocycles. The molecule has 2 bridgehead atoms.